The van der Waals surface area contributed by atoms with Gasteiger partial charge in [0.2, 0.25) is 0 Å². The van der Waals surface area contributed by atoms with E-state index in [4.69, 9.17) is 10.00 Å². The third-order valence-corrected chi connectivity index (χ3v) is 3.49. The van der Waals surface area contributed by atoms with Crippen molar-refractivity contribution in [3.05, 3.63) is 59.7 Å². The lowest BCUT2D eigenvalue weighted by Crippen LogP contribution is -2.30. The van der Waals surface area contributed by atoms with E-state index in [0.29, 0.717) is 17.2 Å². The summed E-state index contributed by atoms with van der Waals surface area (Å²) in [5, 5.41) is 11.7. The van der Waals surface area contributed by atoms with Crippen LogP contribution in [0.5, 0.6) is 5.75 Å². The van der Waals surface area contributed by atoms with E-state index in [-0.39, 0.29) is 5.91 Å². The van der Waals surface area contributed by atoms with E-state index in [0.717, 1.165) is 5.69 Å². The number of nitriles is 1. The average Bonchev–Trinajstić information content (AvgIpc) is 2.55. The zero-order chi connectivity index (χ0) is 16.8. The van der Waals surface area contributed by atoms with Gasteiger partial charge in [-0.25, -0.2) is 0 Å². The Balaban J connectivity index is 1.98. The molecule has 118 valence electrons. The molecule has 0 aliphatic heterocycles. The van der Waals surface area contributed by atoms with Gasteiger partial charge in [-0.3, -0.25) is 4.79 Å². The summed E-state index contributed by atoms with van der Waals surface area (Å²) in [7, 11) is 0. The lowest BCUT2D eigenvalue weighted by atomic mass is 10.0. The van der Waals surface area contributed by atoms with Gasteiger partial charge in [0.1, 0.15) is 5.75 Å². The molecule has 1 amide bonds. The number of carbonyl (C=O) groups is 1. The van der Waals surface area contributed by atoms with Crippen LogP contribution in [-0.2, 0) is 4.79 Å². The number of nitrogens with zero attached hydrogens (tertiary/aromatic N) is 1. The van der Waals surface area contributed by atoms with E-state index < -0.39 is 6.10 Å². The number of rotatable bonds is 5. The summed E-state index contributed by atoms with van der Waals surface area (Å²) < 4.78 is 5.59. The second-order valence-electron chi connectivity index (χ2n) is 5.67. The Morgan fingerprint density at radius 1 is 1.13 bits per heavy atom. The molecule has 23 heavy (non-hydrogen) atoms. The summed E-state index contributed by atoms with van der Waals surface area (Å²) in [5.74, 6) is 0.723. The third-order valence-electron chi connectivity index (χ3n) is 3.49. The summed E-state index contributed by atoms with van der Waals surface area (Å²) >= 11 is 0. The zero-order valence-corrected chi connectivity index (χ0v) is 13.5. The lowest BCUT2D eigenvalue weighted by Gasteiger charge is -2.15. The van der Waals surface area contributed by atoms with Crippen LogP contribution in [-0.4, -0.2) is 12.0 Å². The highest BCUT2D eigenvalue weighted by Gasteiger charge is 2.15. The van der Waals surface area contributed by atoms with Crippen molar-refractivity contribution in [1.29, 1.82) is 5.26 Å². The fraction of sp³-hybridized carbons (Fsp3) is 0.263. The van der Waals surface area contributed by atoms with Gasteiger partial charge >= 0.3 is 0 Å². The van der Waals surface area contributed by atoms with Crippen molar-refractivity contribution in [2.24, 2.45) is 0 Å². The molecular weight excluding hydrogens is 288 g/mol. The number of hydrogen-bond acceptors (Lipinski definition) is 3. The summed E-state index contributed by atoms with van der Waals surface area (Å²) in [5.41, 5.74) is 2.46. The number of amides is 1. The lowest BCUT2D eigenvalue weighted by molar-refractivity contribution is -0.122. The molecule has 0 aliphatic rings. The first-order chi connectivity index (χ1) is 11.0. The second-order valence-corrected chi connectivity index (χ2v) is 5.67. The van der Waals surface area contributed by atoms with Crippen molar-refractivity contribution in [2.75, 3.05) is 5.32 Å². The maximum atomic E-state index is 12.2. The molecule has 2 aromatic carbocycles. The van der Waals surface area contributed by atoms with Crippen LogP contribution >= 0.6 is 0 Å². The Morgan fingerprint density at radius 3 is 2.43 bits per heavy atom. The van der Waals surface area contributed by atoms with Crippen molar-refractivity contribution >= 4 is 11.6 Å². The first-order valence-electron chi connectivity index (χ1n) is 7.57. The zero-order valence-electron chi connectivity index (χ0n) is 13.5. The number of anilines is 1. The fourth-order valence-electron chi connectivity index (χ4n) is 2.09. The van der Waals surface area contributed by atoms with Crippen LogP contribution in [0, 0.1) is 11.3 Å². The van der Waals surface area contributed by atoms with E-state index in [1.165, 1.54) is 5.56 Å². The molecule has 0 bridgehead atoms. The van der Waals surface area contributed by atoms with E-state index in [1.54, 1.807) is 31.2 Å². The molecule has 0 spiro atoms. The van der Waals surface area contributed by atoms with Crippen molar-refractivity contribution < 1.29 is 9.53 Å². The molecular formula is C19H20N2O2. The van der Waals surface area contributed by atoms with Gasteiger partial charge in [-0.1, -0.05) is 32.0 Å². The minimum Gasteiger partial charge on any atom is -0.481 e. The van der Waals surface area contributed by atoms with E-state index in [1.807, 2.05) is 30.3 Å². The molecule has 2 aromatic rings. The molecule has 0 saturated heterocycles. The average molecular weight is 308 g/mol. The summed E-state index contributed by atoms with van der Waals surface area (Å²) in [6, 6.07) is 16.6. The van der Waals surface area contributed by atoms with E-state index in [9.17, 15) is 4.79 Å². The van der Waals surface area contributed by atoms with Crippen LogP contribution in [0.25, 0.3) is 0 Å². The first-order valence-corrected chi connectivity index (χ1v) is 7.57. The molecule has 0 saturated carbocycles. The fourth-order valence-corrected chi connectivity index (χ4v) is 2.09. The number of benzene rings is 2. The van der Waals surface area contributed by atoms with Crippen molar-refractivity contribution in [3.63, 3.8) is 0 Å². The topological polar surface area (TPSA) is 62.1 Å². The second kappa shape index (κ2) is 7.46. The number of carbonyl (C=O) groups excluding carboxylic acids is 1. The molecule has 1 N–H and O–H groups in total. The van der Waals surface area contributed by atoms with Crippen LogP contribution in [0.15, 0.2) is 48.5 Å². The quantitative estimate of drug-likeness (QED) is 0.905. The van der Waals surface area contributed by atoms with Crippen molar-refractivity contribution in [2.45, 2.75) is 32.8 Å². The predicted molar refractivity (Wildman–Crippen MR) is 90.4 cm³/mol. The standard InChI is InChI=1S/C19H20N2O2/c1-13(2)16-7-9-17(10-8-16)21-19(22)14(3)23-18-6-4-5-15(11-18)12-20/h4-11,13-14H,1-3H3,(H,21,22)/t14-/m0/s1. The largest absolute Gasteiger partial charge is 0.481 e. The minimum atomic E-state index is -0.659. The summed E-state index contributed by atoms with van der Waals surface area (Å²) in [6.45, 7) is 5.93. The van der Waals surface area contributed by atoms with Gasteiger partial charge in [-0.15, -0.1) is 0 Å². The van der Waals surface area contributed by atoms with E-state index >= 15 is 0 Å². The van der Waals surface area contributed by atoms with Crippen LogP contribution in [0.2, 0.25) is 0 Å². The molecule has 0 unspecified atom stereocenters. The molecule has 1 atom stereocenters. The van der Waals surface area contributed by atoms with Gasteiger partial charge in [0.05, 0.1) is 11.6 Å². The van der Waals surface area contributed by atoms with Gasteiger partial charge in [0, 0.05) is 5.69 Å². The van der Waals surface area contributed by atoms with Gasteiger partial charge in [-0.2, -0.15) is 5.26 Å². The van der Waals surface area contributed by atoms with Crippen molar-refractivity contribution in [1.82, 2.24) is 0 Å². The Morgan fingerprint density at radius 2 is 1.83 bits per heavy atom. The van der Waals surface area contributed by atoms with Crippen LogP contribution in [0.3, 0.4) is 0 Å². The highest BCUT2D eigenvalue weighted by atomic mass is 16.5. The maximum Gasteiger partial charge on any atom is 0.265 e. The Hall–Kier alpha value is -2.80. The Labute approximate surface area is 136 Å². The highest BCUT2D eigenvalue weighted by Crippen LogP contribution is 2.18. The monoisotopic (exact) mass is 308 g/mol. The first kappa shape index (κ1) is 16.6. The minimum absolute atomic E-state index is 0.232. The van der Waals surface area contributed by atoms with Gasteiger partial charge < -0.3 is 10.1 Å². The molecule has 0 heterocycles. The third kappa shape index (κ3) is 4.58. The smallest absolute Gasteiger partial charge is 0.265 e. The molecule has 2 rings (SSSR count). The molecule has 4 nitrogen and oxygen atoms in total. The predicted octanol–water partition coefficient (Wildman–Crippen LogP) is 4.09. The van der Waals surface area contributed by atoms with Crippen LogP contribution < -0.4 is 10.1 Å². The molecule has 4 heteroatoms. The van der Waals surface area contributed by atoms with E-state index in [2.05, 4.69) is 19.2 Å². The number of hydrogen-bond donors (Lipinski definition) is 1. The molecule has 0 aliphatic carbocycles. The van der Waals surface area contributed by atoms with Gasteiger partial charge in [0.15, 0.2) is 6.10 Å². The summed E-state index contributed by atoms with van der Waals surface area (Å²) in [4.78, 5) is 12.2. The van der Waals surface area contributed by atoms with Crippen LogP contribution in [0.4, 0.5) is 5.69 Å². The van der Waals surface area contributed by atoms with Gasteiger partial charge in [-0.05, 0) is 48.7 Å². The number of ether oxygens (including phenoxy) is 1. The SMILES string of the molecule is CC(C)c1ccc(NC(=O)[C@H](C)Oc2cccc(C#N)c2)cc1. The highest BCUT2D eigenvalue weighted by molar-refractivity contribution is 5.94. The summed E-state index contributed by atoms with van der Waals surface area (Å²) in [6.07, 6.45) is -0.659. The molecule has 0 radical (unpaired) electrons. The van der Waals surface area contributed by atoms with Crippen LogP contribution in [0.1, 0.15) is 37.8 Å². The van der Waals surface area contributed by atoms with Crippen molar-refractivity contribution in [3.8, 4) is 11.8 Å². The normalized spacial score (nSPS) is 11.6. The molecule has 0 aromatic heterocycles. The Bertz CT molecular complexity index is 715. The Kier molecular flexibility index (Phi) is 5.37. The van der Waals surface area contributed by atoms with Gasteiger partial charge in [0.25, 0.3) is 5.91 Å². The number of nitrogens with one attached hydrogen (secondary N) is 1. The molecule has 0 fully saturated rings. The maximum absolute atomic E-state index is 12.2.